The van der Waals surface area contributed by atoms with Crippen LogP contribution in [0.25, 0.3) is 0 Å². The lowest BCUT2D eigenvalue weighted by Gasteiger charge is -2.23. The van der Waals surface area contributed by atoms with Gasteiger partial charge in [-0.3, -0.25) is 9.69 Å². The van der Waals surface area contributed by atoms with E-state index in [-0.39, 0.29) is 12.4 Å². The van der Waals surface area contributed by atoms with E-state index in [0.29, 0.717) is 28.2 Å². The SMILES string of the molecule is O=C(CN1CCCC1CCCO)c1ccc(Cl)cc1Cl. The van der Waals surface area contributed by atoms with Gasteiger partial charge in [-0.25, -0.2) is 0 Å². The van der Waals surface area contributed by atoms with Crippen LogP contribution in [0.15, 0.2) is 18.2 Å². The highest BCUT2D eigenvalue weighted by Crippen LogP contribution is 2.24. The Morgan fingerprint density at radius 1 is 1.40 bits per heavy atom. The van der Waals surface area contributed by atoms with Gasteiger partial charge < -0.3 is 5.11 Å². The smallest absolute Gasteiger partial charge is 0.178 e. The van der Waals surface area contributed by atoms with Crippen LogP contribution in [0.4, 0.5) is 0 Å². The summed E-state index contributed by atoms with van der Waals surface area (Å²) in [5, 5.41) is 9.87. The first kappa shape index (κ1) is 15.8. The first-order chi connectivity index (χ1) is 9.61. The number of ketones is 1. The number of hydrogen-bond donors (Lipinski definition) is 1. The Morgan fingerprint density at radius 3 is 2.90 bits per heavy atom. The van der Waals surface area contributed by atoms with E-state index in [1.54, 1.807) is 18.2 Å². The molecule has 5 heteroatoms. The van der Waals surface area contributed by atoms with Gasteiger partial charge in [-0.1, -0.05) is 23.2 Å². The lowest BCUT2D eigenvalue weighted by molar-refractivity contribution is 0.0916. The van der Waals surface area contributed by atoms with Gasteiger partial charge in [0, 0.05) is 23.2 Å². The minimum atomic E-state index is 0.0302. The summed E-state index contributed by atoms with van der Waals surface area (Å²) in [6, 6.07) is 5.38. The van der Waals surface area contributed by atoms with Crippen LogP contribution in [0, 0.1) is 0 Å². The standard InChI is InChI=1S/C15H19Cl2NO2/c16-11-5-6-13(14(17)9-11)15(20)10-18-7-1-3-12(18)4-2-8-19/h5-6,9,12,19H,1-4,7-8,10H2. The maximum Gasteiger partial charge on any atom is 0.178 e. The quantitative estimate of drug-likeness (QED) is 0.818. The van der Waals surface area contributed by atoms with Gasteiger partial charge in [-0.05, 0) is 50.4 Å². The fraction of sp³-hybridized carbons (Fsp3) is 0.533. The topological polar surface area (TPSA) is 40.5 Å². The summed E-state index contributed by atoms with van der Waals surface area (Å²) in [5.74, 6) is 0.0302. The molecule has 0 radical (unpaired) electrons. The van der Waals surface area contributed by atoms with Crippen LogP contribution in [0.3, 0.4) is 0 Å². The van der Waals surface area contributed by atoms with E-state index < -0.39 is 0 Å². The van der Waals surface area contributed by atoms with Crippen molar-refractivity contribution in [3.63, 3.8) is 0 Å². The molecule has 20 heavy (non-hydrogen) atoms. The van der Waals surface area contributed by atoms with E-state index in [1.807, 2.05) is 0 Å². The maximum atomic E-state index is 12.3. The molecule has 1 N–H and O–H groups in total. The van der Waals surface area contributed by atoms with Crippen molar-refractivity contribution < 1.29 is 9.90 Å². The van der Waals surface area contributed by atoms with Gasteiger partial charge in [-0.15, -0.1) is 0 Å². The van der Waals surface area contributed by atoms with Crippen molar-refractivity contribution in [3.8, 4) is 0 Å². The zero-order valence-electron chi connectivity index (χ0n) is 11.3. The molecule has 1 aliphatic rings. The van der Waals surface area contributed by atoms with Gasteiger partial charge in [0.1, 0.15) is 0 Å². The van der Waals surface area contributed by atoms with Crippen LogP contribution in [0.2, 0.25) is 10.0 Å². The van der Waals surface area contributed by atoms with E-state index >= 15 is 0 Å². The molecule has 3 nitrogen and oxygen atoms in total. The zero-order chi connectivity index (χ0) is 14.5. The van der Waals surface area contributed by atoms with Crippen LogP contribution in [-0.2, 0) is 0 Å². The number of likely N-dealkylation sites (tertiary alicyclic amines) is 1. The largest absolute Gasteiger partial charge is 0.396 e. The van der Waals surface area contributed by atoms with E-state index in [4.69, 9.17) is 28.3 Å². The number of rotatable bonds is 6. The van der Waals surface area contributed by atoms with Crippen molar-refractivity contribution >= 4 is 29.0 Å². The van der Waals surface area contributed by atoms with Crippen molar-refractivity contribution in [1.82, 2.24) is 4.90 Å². The number of carbonyl (C=O) groups is 1. The van der Waals surface area contributed by atoms with Crippen LogP contribution in [0.1, 0.15) is 36.0 Å². The van der Waals surface area contributed by atoms with Crippen molar-refractivity contribution in [2.45, 2.75) is 31.7 Å². The van der Waals surface area contributed by atoms with Crippen LogP contribution in [-0.4, -0.2) is 41.5 Å². The van der Waals surface area contributed by atoms with E-state index in [0.717, 1.165) is 32.2 Å². The Morgan fingerprint density at radius 2 is 2.20 bits per heavy atom. The molecule has 1 aliphatic heterocycles. The molecule has 1 saturated heterocycles. The number of Topliss-reactive ketones (excluding diaryl/α,β-unsaturated/α-hetero) is 1. The van der Waals surface area contributed by atoms with Crippen molar-refractivity contribution in [3.05, 3.63) is 33.8 Å². The summed E-state index contributed by atoms with van der Waals surface area (Å²) >= 11 is 11.9. The van der Waals surface area contributed by atoms with Gasteiger partial charge in [0.05, 0.1) is 11.6 Å². The fourth-order valence-electron chi connectivity index (χ4n) is 2.74. The molecule has 1 fully saturated rings. The minimum Gasteiger partial charge on any atom is -0.396 e. The summed E-state index contributed by atoms with van der Waals surface area (Å²) in [5.41, 5.74) is 0.531. The minimum absolute atomic E-state index is 0.0302. The summed E-state index contributed by atoms with van der Waals surface area (Å²) in [7, 11) is 0. The van der Waals surface area contributed by atoms with Crippen molar-refractivity contribution in [2.75, 3.05) is 19.7 Å². The molecule has 110 valence electrons. The molecule has 0 aliphatic carbocycles. The highest BCUT2D eigenvalue weighted by Gasteiger charge is 2.26. The Kier molecular flexibility index (Phi) is 5.85. The third-order valence-corrected chi connectivity index (χ3v) is 4.32. The van der Waals surface area contributed by atoms with Crippen LogP contribution >= 0.6 is 23.2 Å². The average Bonchev–Trinajstić information content (AvgIpc) is 2.83. The summed E-state index contributed by atoms with van der Waals surface area (Å²) in [6.45, 7) is 1.53. The average molecular weight is 316 g/mol. The van der Waals surface area contributed by atoms with Crippen molar-refractivity contribution in [2.24, 2.45) is 0 Å². The van der Waals surface area contributed by atoms with Crippen LogP contribution < -0.4 is 0 Å². The number of hydrogen-bond acceptors (Lipinski definition) is 3. The van der Waals surface area contributed by atoms with Gasteiger partial charge in [0.15, 0.2) is 5.78 Å². The number of nitrogens with zero attached hydrogens (tertiary/aromatic N) is 1. The predicted molar refractivity (Wildman–Crippen MR) is 81.7 cm³/mol. The number of benzene rings is 1. The van der Waals surface area contributed by atoms with Crippen LogP contribution in [0.5, 0.6) is 0 Å². The molecule has 0 saturated carbocycles. The monoisotopic (exact) mass is 315 g/mol. The predicted octanol–water partition coefficient (Wildman–Crippen LogP) is 3.41. The van der Waals surface area contributed by atoms with E-state index in [2.05, 4.69) is 4.90 Å². The molecule has 0 amide bonds. The number of aliphatic hydroxyl groups is 1. The van der Waals surface area contributed by atoms with E-state index in [1.165, 1.54) is 0 Å². The highest BCUT2D eigenvalue weighted by molar-refractivity contribution is 6.36. The molecule has 0 aromatic heterocycles. The number of carbonyl (C=O) groups excluding carboxylic acids is 1. The first-order valence-corrected chi connectivity index (χ1v) is 7.70. The van der Waals surface area contributed by atoms with Crippen molar-refractivity contribution in [1.29, 1.82) is 0 Å². The summed E-state index contributed by atoms with van der Waals surface area (Å²) in [4.78, 5) is 14.5. The molecule has 1 unspecified atom stereocenters. The highest BCUT2D eigenvalue weighted by atomic mass is 35.5. The zero-order valence-corrected chi connectivity index (χ0v) is 12.8. The molecule has 1 aromatic rings. The Labute approximate surface area is 129 Å². The molecule has 1 heterocycles. The molecule has 1 aromatic carbocycles. The second-order valence-corrected chi connectivity index (χ2v) is 6.02. The Balaban J connectivity index is 1.99. The first-order valence-electron chi connectivity index (χ1n) is 6.95. The number of halogens is 2. The second kappa shape index (κ2) is 7.41. The third-order valence-electron chi connectivity index (χ3n) is 3.77. The molecular weight excluding hydrogens is 297 g/mol. The molecule has 2 rings (SSSR count). The molecule has 0 bridgehead atoms. The van der Waals surface area contributed by atoms with Gasteiger partial charge in [-0.2, -0.15) is 0 Å². The fourth-order valence-corrected chi connectivity index (χ4v) is 3.26. The molecule has 0 spiro atoms. The lowest BCUT2D eigenvalue weighted by atomic mass is 10.1. The Hall–Kier alpha value is -0.610. The normalized spacial score (nSPS) is 19.4. The summed E-state index contributed by atoms with van der Waals surface area (Å²) < 4.78 is 0. The number of aliphatic hydroxyl groups excluding tert-OH is 1. The molecule has 1 atom stereocenters. The lowest BCUT2D eigenvalue weighted by Crippen LogP contribution is -2.34. The van der Waals surface area contributed by atoms with Gasteiger partial charge >= 0.3 is 0 Å². The Bertz CT molecular complexity index is 479. The maximum absolute atomic E-state index is 12.3. The molecular formula is C15H19Cl2NO2. The second-order valence-electron chi connectivity index (χ2n) is 5.18. The van der Waals surface area contributed by atoms with Gasteiger partial charge in [0.25, 0.3) is 0 Å². The van der Waals surface area contributed by atoms with Gasteiger partial charge in [0.2, 0.25) is 0 Å². The van der Waals surface area contributed by atoms with E-state index in [9.17, 15) is 4.79 Å². The third kappa shape index (κ3) is 3.95. The summed E-state index contributed by atoms with van der Waals surface area (Å²) in [6.07, 6.45) is 3.94.